The lowest BCUT2D eigenvalue weighted by Crippen LogP contribution is -2.08. The highest BCUT2D eigenvalue weighted by Crippen LogP contribution is 2.25. The first-order valence-corrected chi connectivity index (χ1v) is 7.44. The van der Waals surface area contributed by atoms with Crippen LogP contribution in [-0.2, 0) is 15.9 Å². The first-order valence-electron chi connectivity index (χ1n) is 7.44. The number of hydrogen-bond donors (Lipinski definition) is 1. The largest absolute Gasteiger partial charge is 0.379 e. The monoisotopic (exact) mass is 302 g/mol. The smallest absolute Gasteiger partial charge is 0.113 e. The molecule has 4 nitrogen and oxygen atoms in total. The number of hydrogen-bond acceptors (Lipinski definition) is 3. The van der Waals surface area contributed by atoms with E-state index in [1.165, 1.54) is 10.9 Å². The normalized spacial score (nSPS) is 11.5. The maximum atomic E-state index is 11.8. The Bertz CT molecular complexity index is 742. The molecule has 2 heterocycles. The van der Waals surface area contributed by atoms with E-state index in [1.807, 2.05) is 12.3 Å². The maximum Gasteiger partial charge on any atom is 0.113 e. The number of rotatable bonds is 8. The number of benzene rings is 1. The van der Waals surface area contributed by atoms with Gasteiger partial charge < -0.3 is 14.5 Å². The summed E-state index contributed by atoms with van der Waals surface area (Å²) in [6.07, 6.45) is 4.51. The summed E-state index contributed by atoms with van der Waals surface area (Å²) in [7, 11) is 0. The SMILES string of the molecule is FCCOCCOCCc1ccc2c(c1)[nH]c1ccncc12. The molecule has 0 aliphatic heterocycles. The van der Waals surface area contributed by atoms with Crippen LogP contribution < -0.4 is 0 Å². The van der Waals surface area contributed by atoms with Crippen LogP contribution in [0.15, 0.2) is 36.7 Å². The minimum absolute atomic E-state index is 0.148. The van der Waals surface area contributed by atoms with E-state index in [2.05, 4.69) is 28.2 Å². The first kappa shape index (κ1) is 14.9. The van der Waals surface area contributed by atoms with E-state index in [-0.39, 0.29) is 6.61 Å². The Morgan fingerprint density at radius 1 is 0.955 bits per heavy atom. The van der Waals surface area contributed by atoms with Crippen molar-refractivity contribution in [1.82, 2.24) is 9.97 Å². The Kier molecular flexibility index (Phi) is 4.98. The number of fused-ring (bicyclic) bond motifs is 3. The lowest BCUT2D eigenvalue weighted by molar-refractivity contribution is 0.0439. The molecule has 0 fully saturated rings. The zero-order chi connectivity index (χ0) is 15.2. The molecule has 0 atom stereocenters. The van der Waals surface area contributed by atoms with Gasteiger partial charge in [0.25, 0.3) is 0 Å². The van der Waals surface area contributed by atoms with Gasteiger partial charge >= 0.3 is 0 Å². The van der Waals surface area contributed by atoms with Crippen LogP contribution in [0.4, 0.5) is 4.39 Å². The van der Waals surface area contributed by atoms with Crippen LogP contribution >= 0.6 is 0 Å². The summed E-state index contributed by atoms with van der Waals surface area (Å²) >= 11 is 0. The number of H-pyrrole nitrogens is 1. The number of halogens is 1. The second-order valence-electron chi connectivity index (χ2n) is 5.09. The van der Waals surface area contributed by atoms with Gasteiger partial charge in [-0.3, -0.25) is 4.98 Å². The van der Waals surface area contributed by atoms with Crippen LogP contribution in [0, 0.1) is 0 Å². The third kappa shape index (κ3) is 3.43. The Labute approximate surface area is 128 Å². The van der Waals surface area contributed by atoms with E-state index in [4.69, 9.17) is 9.47 Å². The Morgan fingerprint density at radius 2 is 1.82 bits per heavy atom. The Morgan fingerprint density at radius 3 is 2.68 bits per heavy atom. The minimum Gasteiger partial charge on any atom is -0.379 e. The predicted octanol–water partition coefficient (Wildman–Crippen LogP) is 3.26. The average Bonchev–Trinajstić information content (AvgIpc) is 2.91. The van der Waals surface area contributed by atoms with Crippen molar-refractivity contribution in [1.29, 1.82) is 0 Å². The second-order valence-corrected chi connectivity index (χ2v) is 5.09. The van der Waals surface area contributed by atoms with Gasteiger partial charge in [0.1, 0.15) is 6.67 Å². The highest BCUT2D eigenvalue weighted by molar-refractivity contribution is 6.06. The van der Waals surface area contributed by atoms with E-state index in [9.17, 15) is 4.39 Å². The lowest BCUT2D eigenvalue weighted by atomic mass is 10.1. The van der Waals surface area contributed by atoms with Crippen LogP contribution in [-0.4, -0.2) is 43.1 Å². The number of alkyl halides is 1. The van der Waals surface area contributed by atoms with Gasteiger partial charge in [-0.1, -0.05) is 12.1 Å². The molecule has 0 aliphatic carbocycles. The summed E-state index contributed by atoms with van der Waals surface area (Å²) in [5.74, 6) is 0. The third-order valence-electron chi connectivity index (χ3n) is 3.59. The second kappa shape index (κ2) is 7.33. The van der Waals surface area contributed by atoms with E-state index in [0.29, 0.717) is 19.8 Å². The molecule has 0 spiro atoms. The molecule has 5 heteroatoms. The van der Waals surface area contributed by atoms with Crippen molar-refractivity contribution in [3.63, 3.8) is 0 Å². The summed E-state index contributed by atoms with van der Waals surface area (Å²) in [5, 5.41) is 2.33. The van der Waals surface area contributed by atoms with Crippen molar-refractivity contribution >= 4 is 21.8 Å². The fraction of sp³-hybridized carbons (Fsp3) is 0.353. The highest BCUT2D eigenvalue weighted by atomic mass is 19.1. The molecule has 0 unspecified atom stereocenters. The van der Waals surface area contributed by atoms with Crippen molar-refractivity contribution in [2.45, 2.75) is 6.42 Å². The van der Waals surface area contributed by atoms with Crippen LogP contribution in [0.1, 0.15) is 5.56 Å². The fourth-order valence-electron chi connectivity index (χ4n) is 2.51. The summed E-state index contributed by atoms with van der Waals surface area (Å²) in [5.41, 5.74) is 3.44. The quantitative estimate of drug-likeness (QED) is 0.650. The molecule has 0 aliphatic rings. The van der Waals surface area contributed by atoms with E-state index < -0.39 is 6.67 Å². The van der Waals surface area contributed by atoms with Gasteiger partial charge in [0.2, 0.25) is 0 Å². The zero-order valence-corrected chi connectivity index (χ0v) is 12.3. The molecular weight excluding hydrogens is 283 g/mol. The van der Waals surface area contributed by atoms with Crippen LogP contribution in [0.2, 0.25) is 0 Å². The minimum atomic E-state index is -0.444. The van der Waals surface area contributed by atoms with Crippen molar-refractivity contribution in [2.75, 3.05) is 33.1 Å². The molecule has 22 heavy (non-hydrogen) atoms. The standard InChI is InChI=1S/C17H19FN2O2/c18-5-8-22-10-9-21-7-4-13-1-2-14-15-12-19-6-3-16(15)20-17(14)11-13/h1-3,6,11-12,20H,4-5,7-10H2. The molecule has 0 radical (unpaired) electrons. The van der Waals surface area contributed by atoms with Gasteiger partial charge in [0.05, 0.1) is 26.4 Å². The number of aromatic nitrogens is 2. The molecule has 2 aromatic heterocycles. The molecule has 1 aromatic carbocycles. The van der Waals surface area contributed by atoms with Gasteiger partial charge in [0, 0.05) is 34.2 Å². The van der Waals surface area contributed by atoms with E-state index in [1.54, 1.807) is 6.20 Å². The van der Waals surface area contributed by atoms with Gasteiger partial charge in [-0.15, -0.1) is 0 Å². The van der Waals surface area contributed by atoms with Gasteiger partial charge in [-0.05, 0) is 24.1 Å². The number of ether oxygens (including phenoxy) is 2. The third-order valence-corrected chi connectivity index (χ3v) is 3.59. The van der Waals surface area contributed by atoms with Crippen molar-refractivity contribution in [3.8, 4) is 0 Å². The van der Waals surface area contributed by atoms with Crippen LogP contribution in [0.25, 0.3) is 21.8 Å². The van der Waals surface area contributed by atoms with Gasteiger partial charge in [0.15, 0.2) is 0 Å². The molecule has 1 N–H and O–H groups in total. The van der Waals surface area contributed by atoms with E-state index >= 15 is 0 Å². The number of nitrogens with one attached hydrogen (secondary N) is 1. The average molecular weight is 302 g/mol. The molecule has 0 saturated heterocycles. The maximum absolute atomic E-state index is 11.8. The van der Waals surface area contributed by atoms with E-state index in [0.717, 1.165) is 22.8 Å². The molecule has 3 rings (SSSR count). The van der Waals surface area contributed by atoms with Crippen LogP contribution in [0.5, 0.6) is 0 Å². The highest BCUT2D eigenvalue weighted by Gasteiger charge is 2.04. The molecule has 0 saturated carbocycles. The molecule has 0 amide bonds. The Balaban J connectivity index is 1.57. The van der Waals surface area contributed by atoms with Crippen LogP contribution in [0.3, 0.4) is 0 Å². The molecular formula is C17H19FN2O2. The van der Waals surface area contributed by atoms with Gasteiger partial charge in [-0.2, -0.15) is 0 Å². The lowest BCUT2D eigenvalue weighted by Gasteiger charge is -2.05. The summed E-state index contributed by atoms with van der Waals surface area (Å²) in [6, 6.07) is 8.37. The first-order chi connectivity index (χ1) is 10.9. The summed E-state index contributed by atoms with van der Waals surface area (Å²) < 4.78 is 22.3. The predicted molar refractivity (Wildman–Crippen MR) is 84.9 cm³/mol. The molecule has 3 aromatic rings. The zero-order valence-electron chi connectivity index (χ0n) is 12.3. The Hall–Kier alpha value is -1.98. The summed E-state index contributed by atoms with van der Waals surface area (Å²) in [4.78, 5) is 7.58. The summed E-state index contributed by atoms with van der Waals surface area (Å²) in [6.45, 7) is 1.28. The van der Waals surface area contributed by atoms with Crippen molar-refractivity contribution < 1.29 is 13.9 Å². The number of nitrogens with zero attached hydrogens (tertiary/aromatic N) is 1. The fourth-order valence-corrected chi connectivity index (χ4v) is 2.51. The number of pyridine rings is 1. The topological polar surface area (TPSA) is 47.1 Å². The van der Waals surface area contributed by atoms with Gasteiger partial charge in [-0.25, -0.2) is 4.39 Å². The molecule has 116 valence electrons. The number of aromatic amines is 1. The molecule has 0 bridgehead atoms. The van der Waals surface area contributed by atoms with Crippen molar-refractivity contribution in [3.05, 3.63) is 42.2 Å². The van der Waals surface area contributed by atoms with Crippen molar-refractivity contribution in [2.24, 2.45) is 0 Å².